The second-order valence-electron chi connectivity index (χ2n) is 3.00. The quantitative estimate of drug-likeness (QED) is 0.410. The van der Waals surface area contributed by atoms with Crippen LogP contribution >= 0.6 is 15.9 Å². The van der Waals surface area contributed by atoms with E-state index in [2.05, 4.69) is 20.9 Å². The highest BCUT2D eigenvalue weighted by Gasteiger charge is 2.03. The number of nitrogens with two attached hydrogens (primary N) is 1. The average molecular weight is 258 g/mol. The van der Waals surface area contributed by atoms with Crippen LogP contribution in [-0.2, 0) is 0 Å². The largest absolute Gasteiger partial charge is 0.368 e. The van der Waals surface area contributed by atoms with Crippen molar-refractivity contribution in [1.82, 2.24) is 5.48 Å². The number of nitrogens with zero attached hydrogens (tertiary/aromatic N) is 1. The van der Waals surface area contributed by atoms with E-state index in [0.717, 1.165) is 21.3 Å². The molecule has 0 unspecified atom stereocenters. The molecule has 14 heavy (non-hydrogen) atoms. The van der Waals surface area contributed by atoms with Gasteiger partial charge in [-0.05, 0) is 37.1 Å². The van der Waals surface area contributed by atoms with Crippen LogP contribution in [0.3, 0.4) is 0 Å². The van der Waals surface area contributed by atoms with Crippen LogP contribution in [0, 0.1) is 13.8 Å². The molecule has 1 rings (SSSR count). The van der Waals surface area contributed by atoms with Gasteiger partial charge in [-0.3, -0.25) is 5.21 Å². The monoisotopic (exact) mass is 257 g/mol. The molecule has 0 spiro atoms. The molecule has 0 saturated heterocycles. The lowest BCUT2D eigenvalue weighted by molar-refractivity contribution is 0.233. The molecule has 0 radical (unpaired) electrons. The summed E-state index contributed by atoms with van der Waals surface area (Å²) in [5, 5.41) is 8.52. The number of nitrogens with one attached hydrogen (secondary N) is 1. The first-order chi connectivity index (χ1) is 6.54. The number of guanidine groups is 1. The lowest BCUT2D eigenvalue weighted by Crippen LogP contribution is -2.27. The molecule has 0 saturated carbocycles. The Hall–Kier alpha value is -1.07. The maximum absolute atomic E-state index is 8.52. The van der Waals surface area contributed by atoms with Gasteiger partial charge in [-0.2, -0.15) is 0 Å². The molecular formula is C9H12BrN3O. The topological polar surface area (TPSA) is 70.6 Å². The molecule has 1 aromatic carbocycles. The molecule has 0 aliphatic carbocycles. The van der Waals surface area contributed by atoms with Gasteiger partial charge in [0.2, 0.25) is 5.96 Å². The third kappa shape index (κ3) is 2.46. The van der Waals surface area contributed by atoms with Gasteiger partial charge in [0.15, 0.2) is 0 Å². The molecule has 5 heteroatoms. The summed E-state index contributed by atoms with van der Waals surface area (Å²) in [6, 6.07) is 3.88. The van der Waals surface area contributed by atoms with Crippen LogP contribution in [0.25, 0.3) is 0 Å². The van der Waals surface area contributed by atoms with E-state index in [1.54, 1.807) is 5.48 Å². The summed E-state index contributed by atoms with van der Waals surface area (Å²) >= 11 is 3.39. The van der Waals surface area contributed by atoms with Crippen LogP contribution in [0.2, 0.25) is 0 Å². The van der Waals surface area contributed by atoms with E-state index in [9.17, 15) is 0 Å². The zero-order valence-electron chi connectivity index (χ0n) is 8.00. The maximum atomic E-state index is 8.52. The number of aliphatic imine (C=N–C) groups is 1. The van der Waals surface area contributed by atoms with Crippen molar-refractivity contribution in [2.24, 2.45) is 10.7 Å². The Kier molecular flexibility index (Phi) is 3.49. The van der Waals surface area contributed by atoms with E-state index < -0.39 is 0 Å². The summed E-state index contributed by atoms with van der Waals surface area (Å²) in [5.41, 5.74) is 9.92. The summed E-state index contributed by atoms with van der Waals surface area (Å²) in [6.07, 6.45) is 0. The van der Waals surface area contributed by atoms with Crippen molar-refractivity contribution in [2.45, 2.75) is 13.8 Å². The van der Waals surface area contributed by atoms with E-state index in [1.807, 2.05) is 26.0 Å². The first kappa shape index (κ1) is 11.0. The predicted octanol–water partition coefficient (Wildman–Crippen LogP) is 1.99. The Bertz CT molecular complexity index is 353. The lowest BCUT2D eigenvalue weighted by atomic mass is 10.1. The van der Waals surface area contributed by atoms with Crippen molar-refractivity contribution >= 4 is 27.6 Å². The van der Waals surface area contributed by atoms with Crippen molar-refractivity contribution < 1.29 is 5.21 Å². The van der Waals surface area contributed by atoms with E-state index in [1.165, 1.54) is 0 Å². The molecule has 0 bridgehead atoms. The lowest BCUT2D eigenvalue weighted by Gasteiger charge is -2.06. The Morgan fingerprint density at radius 3 is 2.36 bits per heavy atom. The fourth-order valence-corrected chi connectivity index (χ4v) is 1.91. The minimum Gasteiger partial charge on any atom is -0.368 e. The highest BCUT2D eigenvalue weighted by atomic mass is 79.9. The molecule has 0 atom stereocenters. The molecule has 0 amide bonds. The number of hydroxylamine groups is 1. The van der Waals surface area contributed by atoms with Crippen molar-refractivity contribution in [1.29, 1.82) is 0 Å². The van der Waals surface area contributed by atoms with Gasteiger partial charge >= 0.3 is 0 Å². The standard InChI is InChI=1S/C9H12BrN3O/c1-5-3-7(10)4-6(2)8(5)12-9(11)13-14/h3-4,14H,1-2H3,(H3,11,12,13). The van der Waals surface area contributed by atoms with Crippen LogP contribution in [0.5, 0.6) is 0 Å². The summed E-state index contributed by atoms with van der Waals surface area (Å²) in [5.74, 6) is -0.0153. The Morgan fingerprint density at radius 2 is 1.93 bits per heavy atom. The normalized spacial score (nSPS) is 11.6. The molecule has 0 fully saturated rings. The molecule has 0 aromatic heterocycles. The van der Waals surface area contributed by atoms with Crippen LogP contribution in [0.1, 0.15) is 11.1 Å². The number of benzene rings is 1. The second-order valence-corrected chi connectivity index (χ2v) is 3.91. The van der Waals surface area contributed by atoms with Crippen LogP contribution < -0.4 is 11.2 Å². The summed E-state index contributed by atoms with van der Waals surface area (Å²) in [6.45, 7) is 3.86. The van der Waals surface area contributed by atoms with E-state index in [0.29, 0.717) is 0 Å². The van der Waals surface area contributed by atoms with Crippen LogP contribution in [-0.4, -0.2) is 11.2 Å². The molecular weight excluding hydrogens is 246 g/mol. The summed E-state index contributed by atoms with van der Waals surface area (Å²) < 4.78 is 1.00. The van der Waals surface area contributed by atoms with Crippen molar-refractivity contribution in [3.8, 4) is 0 Å². The van der Waals surface area contributed by atoms with E-state index in [4.69, 9.17) is 10.9 Å². The minimum absolute atomic E-state index is 0.0153. The molecule has 4 N–H and O–H groups in total. The molecule has 76 valence electrons. The first-order valence-corrected chi connectivity index (χ1v) is 4.85. The summed E-state index contributed by atoms with van der Waals surface area (Å²) in [7, 11) is 0. The molecule has 1 aromatic rings. The predicted molar refractivity (Wildman–Crippen MR) is 59.8 cm³/mol. The highest BCUT2D eigenvalue weighted by Crippen LogP contribution is 2.27. The van der Waals surface area contributed by atoms with Crippen molar-refractivity contribution in [3.05, 3.63) is 27.7 Å². The molecule has 4 nitrogen and oxygen atoms in total. The number of rotatable bonds is 1. The van der Waals surface area contributed by atoms with Crippen molar-refractivity contribution in [3.63, 3.8) is 0 Å². The van der Waals surface area contributed by atoms with Crippen LogP contribution in [0.4, 0.5) is 5.69 Å². The number of halogens is 1. The average Bonchev–Trinajstić information content (AvgIpc) is 2.10. The van der Waals surface area contributed by atoms with E-state index >= 15 is 0 Å². The number of hydrogen-bond acceptors (Lipinski definition) is 2. The van der Waals surface area contributed by atoms with Crippen LogP contribution in [0.15, 0.2) is 21.6 Å². The second kappa shape index (κ2) is 4.43. The van der Waals surface area contributed by atoms with Gasteiger partial charge in [0, 0.05) is 4.47 Å². The minimum atomic E-state index is -0.0153. The third-order valence-electron chi connectivity index (χ3n) is 1.80. The number of aryl methyl sites for hydroxylation is 2. The Balaban J connectivity index is 3.21. The zero-order chi connectivity index (χ0) is 10.7. The zero-order valence-corrected chi connectivity index (χ0v) is 9.59. The van der Waals surface area contributed by atoms with Gasteiger partial charge in [-0.25, -0.2) is 10.5 Å². The third-order valence-corrected chi connectivity index (χ3v) is 2.26. The Labute approximate surface area is 90.9 Å². The fourth-order valence-electron chi connectivity index (χ4n) is 1.22. The van der Waals surface area contributed by atoms with Crippen molar-refractivity contribution in [2.75, 3.05) is 0 Å². The van der Waals surface area contributed by atoms with E-state index in [-0.39, 0.29) is 5.96 Å². The fraction of sp³-hybridized carbons (Fsp3) is 0.222. The van der Waals surface area contributed by atoms with Gasteiger partial charge in [0.05, 0.1) is 5.69 Å². The summed E-state index contributed by atoms with van der Waals surface area (Å²) in [4.78, 5) is 4.03. The van der Waals surface area contributed by atoms with Gasteiger partial charge in [-0.15, -0.1) is 0 Å². The first-order valence-electron chi connectivity index (χ1n) is 4.05. The van der Waals surface area contributed by atoms with Gasteiger partial charge in [-0.1, -0.05) is 15.9 Å². The molecule has 0 aliphatic rings. The molecule has 0 aliphatic heterocycles. The maximum Gasteiger partial charge on any atom is 0.218 e. The molecule has 0 heterocycles. The SMILES string of the molecule is Cc1cc(Br)cc(C)c1N=C(N)NO. The highest BCUT2D eigenvalue weighted by molar-refractivity contribution is 9.10. The Morgan fingerprint density at radius 1 is 1.43 bits per heavy atom. The number of hydrogen-bond donors (Lipinski definition) is 3. The smallest absolute Gasteiger partial charge is 0.218 e. The van der Waals surface area contributed by atoms with Gasteiger partial charge in [0.25, 0.3) is 0 Å². The van der Waals surface area contributed by atoms with Gasteiger partial charge in [0.1, 0.15) is 0 Å². The van der Waals surface area contributed by atoms with Gasteiger partial charge < -0.3 is 5.73 Å².